The van der Waals surface area contributed by atoms with Crippen LogP contribution in [0.15, 0.2) is 54.6 Å². The van der Waals surface area contributed by atoms with Crippen LogP contribution in [0.1, 0.15) is 43.0 Å². The van der Waals surface area contributed by atoms with Crippen molar-refractivity contribution in [2.45, 2.75) is 32.6 Å². The Balaban J connectivity index is 1.56. The van der Waals surface area contributed by atoms with Crippen LogP contribution in [0.3, 0.4) is 0 Å². The molecule has 0 unspecified atom stereocenters. The van der Waals surface area contributed by atoms with Gasteiger partial charge in [0.1, 0.15) is 11.5 Å². The highest BCUT2D eigenvalue weighted by Gasteiger charge is 2.26. The second-order valence-corrected chi connectivity index (χ2v) is 6.60. The van der Waals surface area contributed by atoms with E-state index in [0.29, 0.717) is 23.0 Å². The molecule has 0 aromatic heterocycles. The summed E-state index contributed by atoms with van der Waals surface area (Å²) in [5.41, 5.74) is 0.412. The van der Waals surface area contributed by atoms with Gasteiger partial charge in [0, 0.05) is 0 Å². The highest BCUT2D eigenvalue weighted by atomic mass is 16.5. The first kappa shape index (κ1) is 17.2. The van der Waals surface area contributed by atoms with Crippen LogP contribution in [0, 0.1) is 11.8 Å². The number of esters is 2. The Morgan fingerprint density at radius 2 is 1.40 bits per heavy atom. The van der Waals surface area contributed by atoms with Crippen LogP contribution in [0.25, 0.3) is 0 Å². The minimum Gasteiger partial charge on any atom is -0.426 e. The number of rotatable bonds is 4. The maximum absolute atomic E-state index is 12.2. The third-order valence-electron chi connectivity index (χ3n) is 4.61. The van der Waals surface area contributed by atoms with Gasteiger partial charge in [-0.2, -0.15) is 0 Å². The molecule has 0 heterocycles. The fourth-order valence-electron chi connectivity index (χ4n) is 3.01. The summed E-state index contributed by atoms with van der Waals surface area (Å²) in [7, 11) is 0. The number of hydrogen-bond acceptors (Lipinski definition) is 4. The van der Waals surface area contributed by atoms with Crippen LogP contribution in [0.5, 0.6) is 11.5 Å². The fraction of sp³-hybridized carbons (Fsp3) is 0.333. The van der Waals surface area contributed by atoms with Gasteiger partial charge < -0.3 is 9.47 Å². The Bertz CT molecular complexity index is 713. The summed E-state index contributed by atoms with van der Waals surface area (Å²) in [5.74, 6) is 1.02. The average Bonchev–Trinajstić information content (AvgIpc) is 2.63. The number of hydrogen-bond donors (Lipinski definition) is 0. The SMILES string of the molecule is CC1CCC(C(=O)Oc2ccc(C(=O)Oc3ccccc3)cc2)CC1. The molecule has 0 bridgehead atoms. The van der Waals surface area contributed by atoms with E-state index in [1.54, 1.807) is 48.5 Å². The van der Waals surface area contributed by atoms with Crippen molar-refractivity contribution in [3.8, 4) is 11.5 Å². The van der Waals surface area contributed by atoms with Crippen molar-refractivity contribution in [3.05, 3.63) is 60.2 Å². The van der Waals surface area contributed by atoms with Gasteiger partial charge in [-0.3, -0.25) is 4.79 Å². The molecule has 0 aliphatic heterocycles. The molecule has 1 aliphatic rings. The predicted molar refractivity (Wildman–Crippen MR) is 94.6 cm³/mol. The van der Waals surface area contributed by atoms with E-state index < -0.39 is 5.97 Å². The normalized spacial score (nSPS) is 19.9. The number of carbonyl (C=O) groups is 2. The van der Waals surface area contributed by atoms with Gasteiger partial charge in [0.05, 0.1) is 11.5 Å². The van der Waals surface area contributed by atoms with Crippen LogP contribution < -0.4 is 9.47 Å². The van der Waals surface area contributed by atoms with E-state index in [-0.39, 0.29) is 11.9 Å². The molecule has 0 radical (unpaired) electrons. The van der Waals surface area contributed by atoms with E-state index in [1.165, 1.54) is 0 Å². The standard InChI is InChI=1S/C21H22O4/c1-15-7-9-16(10-8-15)20(22)25-19-13-11-17(12-14-19)21(23)24-18-5-3-2-4-6-18/h2-6,11-16H,7-10H2,1H3. The molecule has 0 N–H and O–H groups in total. The lowest BCUT2D eigenvalue weighted by Gasteiger charge is -2.24. The van der Waals surface area contributed by atoms with Crippen molar-refractivity contribution in [2.75, 3.05) is 0 Å². The van der Waals surface area contributed by atoms with Gasteiger partial charge >= 0.3 is 11.9 Å². The lowest BCUT2D eigenvalue weighted by molar-refractivity contribution is -0.140. The molecule has 3 rings (SSSR count). The number of para-hydroxylation sites is 1. The van der Waals surface area contributed by atoms with Crippen molar-refractivity contribution in [3.63, 3.8) is 0 Å². The molecule has 0 spiro atoms. The molecule has 0 atom stereocenters. The zero-order chi connectivity index (χ0) is 17.6. The van der Waals surface area contributed by atoms with Crippen LogP contribution >= 0.6 is 0 Å². The summed E-state index contributed by atoms with van der Waals surface area (Å²) in [6.07, 6.45) is 3.93. The predicted octanol–water partition coefficient (Wildman–Crippen LogP) is 4.64. The molecule has 1 saturated carbocycles. The zero-order valence-electron chi connectivity index (χ0n) is 14.3. The Morgan fingerprint density at radius 3 is 2.04 bits per heavy atom. The lowest BCUT2D eigenvalue weighted by Crippen LogP contribution is -2.24. The van der Waals surface area contributed by atoms with Crippen molar-refractivity contribution in [1.82, 2.24) is 0 Å². The molecule has 4 heteroatoms. The number of benzene rings is 2. The molecule has 2 aromatic carbocycles. The highest BCUT2D eigenvalue weighted by molar-refractivity contribution is 5.91. The van der Waals surface area contributed by atoms with Gasteiger partial charge in [-0.25, -0.2) is 4.79 Å². The molecular weight excluding hydrogens is 316 g/mol. The van der Waals surface area contributed by atoms with E-state index >= 15 is 0 Å². The van der Waals surface area contributed by atoms with Crippen LogP contribution in [-0.4, -0.2) is 11.9 Å². The molecule has 0 saturated heterocycles. The number of ether oxygens (including phenoxy) is 2. The Kier molecular flexibility index (Phi) is 5.49. The van der Waals surface area contributed by atoms with Crippen molar-refractivity contribution in [1.29, 1.82) is 0 Å². The van der Waals surface area contributed by atoms with E-state index in [1.807, 2.05) is 6.07 Å². The smallest absolute Gasteiger partial charge is 0.343 e. The Morgan fingerprint density at radius 1 is 0.800 bits per heavy atom. The first-order chi connectivity index (χ1) is 12.1. The van der Waals surface area contributed by atoms with Gasteiger partial charge in [-0.1, -0.05) is 25.1 Å². The summed E-state index contributed by atoms with van der Waals surface area (Å²) < 4.78 is 10.7. The second kappa shape index (κ2) is 7.97. The Labute approximate surface area is 147 Å². The summed E-state index contributed by atoms with van der Waals surface area (Å²) in [5, 5.41) is 0. The molecular formula is C21H22O4. The monoisotopic (exact) mass is 338 g/mol. The van der Waals surface area contributed by atoms with Gasteiger partial charge in [-0.05, 0) is 68.0 Å². The summed E-state index contributed by atoms with van der Waals surface area (Å²) >= 11 is 0. The summed E-state index contributed by atoms with van der Waals surface area (Å²) in [4.78, 5) is 24.3. The van der Waals surface area contributed by atoms with Crippen molar-refractivity contribution in [2.24, 2.45) is 11.8 Å². The number of carbonyl (C=O) groups excluding carboxylic acids is 2. The Hall–Kier alpha value is -2.62. The molecule has 25 heavy (non-hydrogen) atoms. The lowest BCUT2D eigenvalue weighted by atomic mass is 9.83. The highest BCUT2D eigenvalue weighted by Crippen LogP contribution is 2.29. The van der Waals surface area contributed by atoms with Crippen LogP contribution in [0.4, 0.5) is 0 Å². The molecule has 4 nitrogen and oxygen atoms in total. The molecule has 0 amide bonds. The fourth-order valence-corrected chi connectivity index (χ4v) is 3.01. The van der Waals surface area contributed by atoms with Crippen molar-refractivity contribution >= 4 is 11.9 Å². The quantitative estimate of drug-likeness (QED) is 0.602. The zero-order valence-corrected chi connectivity index (χ0v) is 14.3. The van der Waals surface area contributed by atoms with E-state index in [4.69, 9.17) is 9.47 Å². The first-order valence-corrected chi connectivity index (χ1v) is 8.71. The largest absolute Gasteiger partial charge is 0.426 e. The second-order valence-electron chi connectivity index (χ2n) is 6.60. The minimum absolute atomic E-state index is 0.0149. The van der Waals surface area contributed by atoms with Crippen molar-refractivity contribution < 1.29 is 19.1 Å². The van der Waals surface area contributed by atoms with Gasteiger partial charge in [0.2, 0.25) is 0 Å². The van der Waals surface area contributed by atoms with E-state index in [0.717, 1.165) is 25.7 Å². The maximum Gasteiger partial charge on any atom is 0.343 e. The molecule has 130 valence electrons. The van der Waals surface area contributed by atoms with Gasteiger partial charge in [0.15, 0.2) is 0 Å². The molecule has 2 aromatic rings. The molecule has 1 fully saturated rings. The van der Waals surface area contributed by atoms with Gasteiger partial charge in [-0.15, -0.1) is 0 Å². The summed E-state index contributed by atoms with van der Waals surface area (Å²) in [6, 6.07) is 15.4. The first-order valence-electron chi connectivity index (χ1n) is 8.71. The van der Waals surface area contributed by atoms with E-state index in [2.05, 4.69) is 6.92 Å². The third-order valence-corrected chi connectivity index (χ3v) is 4.61. The van der Waals surface area contributed by atoms with E-state index in [9.17, 15) is 9.59 Å². The average molecular weight is 338 g/mol. The summed E-state index contributed by atoms with van der Waals surface area (Å²) in [6.45, 7) is 2.22. The van der Waals surface area contributed by atoms with Crippen LogP contribution in [0.2, 0.25) is 0 Å². The molecule has 1 aliphatic carbocycles. The topological polar surface area (TPSA) is 52.6 Å². The maximum atomic E-state index is 12.2. The van der Waals surface area contributed by atoms with Crippen LogP contribution in [-0.2, 0) is 4.79 Å². The van der Waals surface area contributed by atoms with Gasteiger partial charge in [0.25, 0.3) is 0 Å². The minimum atomic E-state index is -0.439. The third kappa shape index (κ3) is 4.69.